The number of pyridine rings is 2. The highest BCUT2D eigenvalue weighted by Crippen LogP contribution is 2.37. The van der Waals surface area contributed by atoms with Crippen molar-refractivity contribution in [3.05, 3.63) is 63.3 Å². The summed E-state index contributed by atoms with van der Waals surface area (Å²) in [6, 6.07) is 6.42. The van der Waals surface area contributed by atoms with Gasteiger partial charge in [0.25, 0.3) is 11.5 Å². The highest BCUT2D eigenvalue weighted by molar-refractivity contribution is 6.30. The standard InChI is InChI=1S/C16H16ClN3O3/c17-10-7-12(15(22)19-8-10)16(23)20-14(9-5-11(21)6-9)13-3-1-2-4-18-13/h1-4,7-9,11,14,21H,5-6H2,(H,19,22)(H,20,23). The van der Waals surface area contributed by atoms with Crippen molar-refractivity contribution in [3.8, 4) is 0 Å². The van der Waals surface area contributed by atoms with Gasteiger partial charge in [0.05, 0.1) is 22.9 Å². The molecule has 120 valence electrons. The Bertz CT molecular complexity index is 757. The van der Waals surface area contributed by atoms with Crippen LogP contribution in [0.3, 0.4) is 0 Å². The molecule has 1 saturated carbocycles. The number of aliphatic hydroxyl groups is 1. The Balaban J connectivity index is 1.85. The molecule has 2 aromatic rings. The Morgan fingerprint density at radius 1 is 1.43 bits per heavy atom. The van der Waals surface area contributed by atoms with Gasteiger partial charge < -0.3 is 15.4 Å². The Kier molecular flexibility index (Phi) is 4.45. The van der Waals surface area contributed by atoms with Crippen LogP contribution in [0.5, 0.6) is 0 Å². The number of nitrogens with zero attached hydrogens (tertiary/aromatic N) is 1. The van der Waals surface area contributed by atoms with Crippen molar-refractivity contribution in [3.63, 3.8) is 0 Å². The fourth-order valence-corrected chi connectivity index (χ4v) is 2.90. The smallest absolute Gasteiger partial charge is 0.260 e. The zero-order valence-electron chi connectivity index (χ0n) is 12.2. The van der Waals surface area contributed by atoms with E-state index in [4.69, 9.17) is 11.6 Å². The van der Waals surface area contributed by atoms with Gasteiger partial charge in [-0.1, -0.05) is 17.7 Å². The Hall–Kier alpha value is -2.18. The van der Waals surface area contributed by atoms with Gasteiger partial charge in [0.15, 0.2) is 0 Å². The molecule has 7 heteroatoms. The highest BCUT2D eigenvalue weighted by Gasteiger charge is 2.36. The lowest BCUT2D eigenvalue weighted by Gasteiger charge is -2.37. The topological polar surface area (TPSA) is 95.1 Å². The number of carbonyl (C=O) groups is 1. The van der Waals surface area contributed by atoms with Gasteiger partial charge in [-0.3, -0.25) is 14.6 Å². The number of amides is 1. The summed E-state index contributed by atoms with van der Waals surface area (Å²) in [6.07, 6.45) is 3.81. The second-order valence-corrected chi connectivity index (χ2v) is 6.09. The number of H-pyrrole nitrogens is 1. The molecular weight excluding hydrogens is 318 g/mol. The van der Waals surface area contributed by atoms with Crippen molar-refractivity contribution in [2.24, 2.45) is 5.92 Å². The van der Waals surface area contributed by atoms with E-state index in [1.165, 1.54) is 12.3 Å². The molecule has 2 heterocycles. The summed E-state index contributed by atoms with van der Waals surface area (Å²) in [6.45, 7) is 0. The molecule has 1 unspecified atom stereocenters. The number of nitrogens with one attached hydrogen (secondary N) is 2. The monoisotopic (exact) mass is 333 g/mol. The number of aliphatic hydroxyl groups excluding tert-OH is 1. The number of rotatable bonds is 4. The first kappa shape index (κ1) is 15.7. The highest BCUT2D eigenvalue weighted by atomic mass is 35.5. The van der Waals surface area contributed by atoms with Crippen molar-refractivity contribution in [1.82, 2.24) is 15.3 Å². The van der Waals surface area contributed by atoms with Crippen LogP contribution in [0.25, 0.3) is 0 Å². The van der Waals surface area contributed by atoms with Crippen LogP contribution in [-0.2, 0) is 0 Å². The first-order valence-electron chi connectivity index (χ1n) is 7.32. The normalized spacial score (nSPS) is 21.3. The van der Waals surface area contributed by atoms with Crippen molar-refractivity contribution in [2.75, 3.05) is 0 Å². The van der Waals surface area contributed by atoms with Gasteiger partial charge in [-0.15, -0.1) is 0 Å². The largest absolute Gasteiger partial charge is 0.393 e. The maximum atomic E-state index is 12.4. The van der Waals surface area contributed by atoms with E-state index in [1.807, 2.05) is 12.1 Å². The Morgan fingerprint density at radius 2 is 2.22 bits per heavy atom. The van der Waals surface area contributed by atoms with Gasteiger partial charge in [-0.2, -0.15) is 0 Å². The molecule has 3 N–H and O–H groups in total. The molecule has 23 heavy (non-hydrogen) atoms. The lowest BCUT2D eigenvalue weighted by Crippen LogP contribution is -2.42. The minimum absolute atomic E-state index is 0.0432. The van der Waals surface area contributed by atoms with Crippen molar-refractivity contribution in [2.45, 2.75) is 25.0 Å². The second kappa shape index (κ2) is 6.52. The maximum absolute atomic E-state index is 12.4. The number of aromatic nitrogens is 2. The summed E-state index contributed by atoms with van der Waals surface area (Å²) < 4.78 is 0. The average Bonchev–Trinajstić information content (AvgIpc) is 2.53. The van der Waals surface area contributed by atoms with E-state index in [0.717, 1.165) is 0 Å². The lowest BCUT2D eigenvalue weighted by atomic mass is 9.76. The average molecular weight is 334 g/mol. The van der Waals surface area contributed by atoms with E-state index in [9.17, 15) is 14.7 Å². The summed E-state index contributed by atoms with van der Waals surface area (Å²) in [5.74, 6) is -0.423. The number of hydrogen-bond acceptors (Lipinski definition) is 4. The van der Waals surface area contributed by atoms with E-state index < -0.39 is 11.5 Å². The van der Waals surface area contributed by atoms with Gasteiger partial charge in [0.2, 0.25) is 0 Å². The third-order valence-corrected chi connectivity index (χ3v) is 4.24. The molecule has 0 aliphatic heterocycles. The predicted octanol–water partition coefficient (Wildman–Crippen LogP) is 1.67. The molecule has 0 radical (unpaired) electrons. The number of aromatic amines is 1. The van der Waals surface area contributed by atoms with Crippen molar-refractivity contribution >= 4 is 17.5 Å². The number of hydrogen-bond donors (Lipinski definition) is 3. The van der Waals surface area contributed by atoms with Crippen molar-refractivity contribution in [1.29, 1.82) is 0 Å². The molecule has 2 aromatic heterocycles. The number of halogens is 1. The molecule has 6 nitrogen and oxygen atoms in total. The molecular formula is C16H16ClN3O3. The molecule has 0 saturated heterocycles. The van der Waals surface area contributed by atoms with Crippen LogP contribution in [0.2, 0.25) is 5.02 Å². The first-order valence-corrected chi connectivity index (χ1v) is 7.70. The first-order chi connectivity index (χ1) is 11.0. The summed E-state index contributed by atoms with van der Waals surface area (Å²) in [5, 5.41) is 12.7. The predicted molar refractivity (Wildman–Crippen MR) is 85.2 cm³/mol. The minimum Gasteiger partial charge on any atom is -0.393 e. The molecule has 0 spiro atoms. The van der Waals surface area contributed by atoms with Crippen LogP contribution in [0, 0.1) is 5.92 Å². The van der Waals surface area contributed by atoms with Crippen LogP contribution < -0.4 is 10.9 Å². The zero-order valence-corrected chi connectivity index (χ0v) is 13.0. The Labute approximate surface area is 137 Å². The van der Waals surface area contributed by atoms with E-state index in [1.54, 1.807) is 12.3 Å². The van der Waals surface area contributed by atoms with Gasteiger partial charge in [0.1, 0.15) is 5.56 Å². The van der Waals surface area contributed by atoms with Gasteiger partial charge in [-0.05, 0) is 37.0 Å². The summed E-state index contributed by atoms with van der Waals surface area (Å²) in [4.78, 5) is 31.0. The SMILES string of the molecule is O=C(NC(c1ccccn1)C1CC(O)C1)c1cc(Cl)c[nH]c1=O. The molecule has 0 aromatic carbocycles. The summed E-state index contributed by atoms with van der Waals surface area (Å²) in [5.41, 5.74) is 0.162. The van der Waals surface area contributed by atoms with E-state index in [0.29, 0.717) is 18.5 Å². The van der Waals surface area contributed by atoms with Crippen LogP contribution in [-0.4, -0.2) is 27.1 Å². The van der Waals surface area contributed by atoms with Crippen LogP contribution in [0.4, 0.5) is 0 Å². The van der Waals surface area contributed by atoms with Gasteiger partial charge in [-0.25, -0.2) is 0 Å². The molecule has 3 rings (SSSR count). The summed E-state index contributed by atoms with van der Waals surface area (Å²) in [7, 11) is 0. The fraction of sp³-hybridized carbons (Fsp3) is 0.312. The van der Waals surface area contributed by atoms with Gasteiger partial charge >= 0.3 is 0 Å². The summed E-state index contributed by atoms with van der Waals surface area (Å²) >= 11 is 5.84. The van der Waals surface area contributed by atoms with Gasteiger partial charge in [0, 0.05) is 12.4 Å². The van der Waals surface area contributed by atoms with E-state index in [2.05, 4.69) is 15.3 Å². The van der Waals surface area contributed by atoms with E-state index >= 15 is 0 Å². The third-order valence-electron chi connectivity index (χ3n) is 4.03. The zero-order chi connectivity index (χ0) is 16.4. The molecule has 1 atom stereocenters. The Morgan fingerprint density at radius 3 is 2.87 bits per heavy atom. The van der Waals surface area contributed by atoms with Crippen molar-refractivity contribution < 1.29 is 9.90 Å². The molecule has 1 aliphatic rings. The fourth-order valence-electron chi connectivity index (χ4n) is 2.74. The minimum atomic E-state index is -0.509. The van der Waals surface area contributed by atoms with Crippen LogP contribution >= 0.6 is 11.6 Å². The molecule has 1 fully saturated rings. The molecule has 1 amide bonds. The second-order valence-electron chi connectivity index (χ2n) is 5.65. The molecule has 1 aliphatic carbocycles. The van der Waals surface area contributed by atoms with Crippen LogP contribution in [0.1, 0.15) is 34.9 Å². The third kappa shape index (κ3) is 3.43. The molecule has 0 bridgehead atoms. The van der Waals surface area contributed by atoms with Crippen LogP contribution in [0.15, 0.2) is 41.5 Å². The quantitative estimate of drug-likeness (QED) is 0.793. The maximum Gasteiger partial charge on any atom is 0.260 e. The van der Waals surface area contributed by atoms with E-state index in [-0.39, 0.29) is 28.6 Å². The lowest BCUT2D eigenvalue weighted by molar-refractivity contribution is 0.0228. The number of carbonyl (C=O) groups excluding carboxylic acids is 1.